The molecule has 0 bridgehead atoms. The van der Waals surface area contributed by atoms with E-state index in [2.05, 4.69) is 20.0 Å². The Bertz CT molecular complexity index is 552. The van der Waals surface area contributed by atoms with Crippen LogP contribution < -0.4 is 0 Å². The normalized spacial score (nSPS) is 14.9. The van der Waals surface area contributed by atoms with E-state index in [0.717, 1.165) is 16.8 Å². The van der Waals surface area contributed by atoms with E-state index >= 15 is 0 Å². The standard InChI is InChI=1S/C13H16N4O2/c1-9-5-4-6-11(10(9)2)15-16-12-14-7-8-17(12)13(18)19-3/h4-6H,7-8H2,1-3H3. The van der Waals surface area contributed by atoms with Crippen LogP contribution in [-0.4, -0.2) is 37.2 Å². The Morgan fingerprint density at radius 2 is 2.16 bits per heavy atom. The highest BCUT2D eigenvalue weighted by Gasteiger charge is 2.24. The smallest absolute Gasteiger partial charge is 0.416 e. The molecule has 0 spiro atoms. The van der Waals surface area contributed by atoms with Gasteiger partial charge in [0.15, 0.2) is 0 Å². The molecular formula is C13H16N4O2. The summed E-state index contributed by atoms with van der Waals surface area (Å²) in [5.41, 5.74) is 2.99. The van der Waals surface area contributed by atoms with Gasteiger partial charge in [0.2, 0.25) is 5.96 Å². The van der Waals surface area contributed by atoms with Crippen molar-refractivity contribution in [3.05, 3.63) is 29.3 Å². The van der Waals surface area contributed by atoms with E-state index in [-0.39, 0.29) is 0 Å². The van der Waals surface area contributed by atoms with Crippen molar-refractivity contribution in [3.63, 3.8) is 0 Å². The molecule has 0 fully saturated rings. The fourth-order valence-electron chi connectivity index (χ4n) is 1.75. The third-order valence-corrected chi connectivity index (χ3v) is 3.04. The van der Waals surface area contributed by atoms with Gasteiger partial charge in [0.1, 0.15) is 0 Å². The Hall–Kier alpha value is -2.24. The first kappa shape index (κ1) is 13.2. The van der Waals surface area contributed by atoms with Crippen LogP contribution in [0.5, 0.6) is 0 Å². The van der Waals surface area contributed by atoms with Crippen molar-refractivity contribution in [2.45, 2.75) is 13.8 Å². The summed E-state index contributed by atoms with van der Waals surface area (Å²) in [4.78, 5) is 17.0. The number of carbonyl (C=O) groups excluding carboxylic acids is 1. The minimum atomic E-state index is -0.462. The maximum atomic E-state index is 11.5. The van der Waals surface area contributed by atoms with Gasteiger partial charge in [0, 0.05) is 0 Å². The number of ether oxygens (including phenoxy) is 1. The van der Waals surface area contributed by atoms with Crippen molar-refractivity contribution in [1.29, 1.82) is 0 Å². The molecule has 0 saturated carbocycles. The molecule has 1 aromatic rings. The van der Waals surface area contributed by atoms with E-state index in [0.29, 0.717) is 19.0 Å². The lowest BCUT2D eigenvalue weighted by Crippen LogP contribution is -2.32. The largest absolute Gasteiger partial charge is 0.452 e. The third-order valence-electron chi connectivity index (χ3n) is 3.04. The molecule has 1 aliphatic rings. The second kappa shape index (κ2) is 5.60. The number of rotatable bonds is 1. The molecule has 0 saturated heterocycles. The lowest BCUT2D eigenvalue weighted by Gasteiger charge is -2.12. The summed E-state index contributed by atoms with van der Waals surface area (Å²) >= 11 is 0. The minimum Gasteiger partial charge on any atom is -0.452 e. The van der Waals surface area contributed by atoms with Crippen LogP contribution in [0.2, 0.25) is 0 Å². The molecule has 1 aliphatic heterocycles. The summed E-state index contributed by atoms with van der Waals surface area (Å²) < 4.78 is 4.66. The molecule has 6 heteroatoms. The highest BCUT2D eigenvalue weighted by molar-refractivity contribution is 5.95. The van der Waals surface area contributed by atoms with Crippen molar-refractivity contribution < 1.29 is 9.53 Å². The fraction of sp³-hybridized carbons (Fsp3) is 0.385. The average Bonchev–Trinajstić information content (AvgIpc) is 2.88. The van der Waals surface area contributed by atoms with Gasteiger partial charge in [0.05, 0.1) is 25.9 Å². The molecule has 19 heavy (non-hydrogen) atoms. The molecule has 0 N–H and O–H groups in total. The van der Waals surface area contributed by atoms with Gasteiger partial charge in [-0.05, 0) is 31.0 Å². The summed E-state index contributed by atoms with van der Waals surface area (Å²) in [6.45, 7) is 5.00. The monoisotopic (exact) mass is 260 g/mol. The van der Waals surface area contributed by atoms with Crippen LogP contribution >= 0.6 is 0 Å². The van der Waals surface area contributed by atoms with E-state index in [1.807, 2.05) is 32.0 Å². The zero-order valence-corrected chi connectivity index (χ0v) is 11.3. The van der Waals surface area contributed by atoms with Crippen molar-refractivity contribution in [2.24, 2.45) is 15.2 Å². The van der Waals surface area contributed by atoms with Gasteiger partial charge in [-0.15, -0.1) is 10.2 Å². The maximum Gasteiger partial charge on any atom is 0.416 e. The Morgan fingerprint density at radius 1 is 1.37 bits per heavy atom. The number of aliphatic imine (C=N–C) groups is 1. The predicted octanol–water partition coefficient (Wildman–Crippen LogP) is 2.83. The number of carbonyl (C=O) groups is 1. The van der Waals surface area contributed by atoms with Crippen molar-refractivity contribution >= 4 is 17.7 Å². The van der Waals surface area contributed by atoms with Crippen LogP contribution in [0, 0.1) is 13.8 Å². The molecule has 1 heterocycles. The first-order valence-electron chi connectivity index (χ1n) is 6.01. The van der Waals surface area contributed by atoms with Crippen molar-refractivity contribution in [3.8, 4) is 0 Å². The highest BCUT2D eigenvalue weighted by Crippen LogP contribution is 2.22. The summed E-state index contributed by atoms with van der Waals surface area (Å²) in [6.07, 6.45) is -0.462. The summed E-state index contributed by atoms with van der Waals surface area (Å²) in [6, 6.07) is 5.82. The molecule has 100 valence electrons. The molecule has 0 aromatic heterocycles. The number of azo groups is 1. The second-order valence-electron chi connectivity index (χ2n) is 4.22. The summed E-state index contributed by atoms with van der Waals surface area (Å²) in [5, 5.41) is 8.21. The van der Waals surface area contributed by atoms with Crippen LogP contribution in [0.3, 0.4) is 0 Å². The van der Waals surface area contributed by atoms with Crippen LogP contribution in [0.25, 0.3) is 0 Å². The van der Waals surface area contributed by atoms with Crippen LogP contribution in [0.15, 0.2) is 33.4 Å². The molecule has 0 unspecified atom stereocenters. The Morgan fingerprint density at radius 3 is 2.89 bits per heavy atom. The average molecular weight is 260 g/mol. The quantitative estimate of drug-likeness (QED) is 0.729. The van der Waals surface area contributed by atoms with E-state index in [4.69, 9.17) is 0 Å². The number of nitrogens with zero attached hydrogens (tertiary/aromatic N) is 4. The van der Waals surface area contributed by atoms with Crippen LogP contribution in [0.1, 0.15) is 11.1 Å². The van der Waals surface area contributed by atoms with Crippen molar-refractivity contribution in [1.82, 2.24) is 4.90 Å². The van der Waals surface area contributed by atoms with Gasteiger partial charge in [-0.3, -0.25) is 0 Å². The lowest BCUT2D eigenvalue weighted by atomic mass is 10.1. The number of amides is 1. The van der Waals surface area contributed by atoms with E-state index in [1.54, 1.807) is 0 Å². The minimum absolute atomic E-state index is 0.299. The van der Waals surface area contributed by atoms with Crippen LogP contribution in [0.4, 0.5) is 10.5 Å². The predicted molar refractivity (Wildman–Crippen MR) is 71.8 cm³/mol. The van der Waals surface area contributed by atoms with Gasteiger partial charge in [-0.25, -0.2) is 14.7 Å². The number of hydrogen-bond donors (Lipinski definition) is 0. The lowest BCUT2D eigenvalue weighted by molar-refractivity contribution is 0.148. The summed E-state index contributed by atoms with van der Waals surface area (Å²) in [5.74, 6) is 0.299. The fourth-order valence-corrected chi connectivity index (χ4v) is 1.75. The van der Waals surface area contributed by atoms with Gasteiger partial charge < -0.3 is 4.74 Å². The Kier molecular flexibility index (Phi) is 3.89. The number of hydrogen-bond acceptors (Lipinski definition) is 5. The maximum absolute atomic E-state index is 11.5. The number of benzene rings is 1. The molecule has 0 radical (unpaired) electrons. The molecule has 6 nitrogen and oxygen atoms in total. The third kappa shape index (κ3) is 2.78. The van der Waals surface area contributed by atoms with Gasteiger partial charge in [0.25, 0.3) is 0 Å². The van der Waals surface area contributed by atoms with Gasteiger partial charge in [-0.1, -0.05) is 12.1 Å². The van der Waals surface area contributed by atoms with Crippen molar-refractivity contribution in [2.75, 3.05) is 20.2 Å². The summed E-state index contributed by atoms with van der Waals surface area (Å²) in [7, 11) is 1.33. The Labute approximate surface area is 111 Å². The number of guanidine groups is 1. The molecule has 2 rings (SSSR count). The zero-order valence-electron chi connectivity index (χ0n) is 11.3. The molecule has 0 atom stereocenters. The molecule has 0 aliphatic carbocycles. The van der Waals surface area contributed by atoms with Gasteiger partial charge in [-0.2, -0.15) is 0 Å². The molecule has 1 amide bonds. The van der Waals surface area contributed by atoms with Crippen LogP contribution in [-0.2, 0) is 4.74 Å². The number of methoxy groups -OCH3 is 1. The second-order valence-corrected chi connectivity index (χ2v) is 4.22. The number of aryl methyl sites for hydroxylation is 1. The van der Waals surface area contributed by atoms with E-state index < -0.39 is 6.09 Å². The Balaban J connectivity index is 2.18. The van der Waals surface area contributed by atoms with E-state index in [1.165, 1.54) is 12.0 Å². The van der Waals surface area contributed by atoms with E-state index in [9.17, 15) is 4.79 Å². The molecular weight excluding hydrogens is 244 g/mol. The molecule has 1 aromatic carbocycles. The highest BCUT2D eigenvalue weighted by atomic mass is 16.5. The SMILES string of the molecule is COC(=O)N1CCN=C1N=Nc1cccc(C)c1C. The topological polar surface area (TPSA) is 66.6 Å². The first-order valence-corrected chi connectivity index (χ1v) is 6.01. The first-order chi connectivity index (χ1) is 9.13. The zero-order chi connectivity index (χ0) is 13.8. The van der Waals surface area contributed by atoms with Gasteiger partial charge >= 0.3 is 6.09 Å².